The molecule has 1 aromatic heterocycles. The number of hydrogen-bond donors (Lipinski definition) is 2. The first kappa shape index (κ1) is 20.1. The van der Waals surface area contributed by atoms with Crippen LogP contribution in [0.3, 0.4) is 0 Å². The topological polar surface area (TPSA) is 93.4 Å². The number of nitrogens with one attached hydrogen (secondary N) is 1. The number of carboxylic acids is 1. The molecule has 7 nitrogen and oxygen atoms in total. The molecule has 0 fully saturated rings. The maximum atomic E-state index is 13.1. The average Bonchev–Trinajstić information content (AvgIpc) is 2.83. The van der Waals surface area contributed by atoms with Gasteiger partial charge in [-0.05, 0) is 26.2 Å². The molecular formula is C21H27N3O4. The number of hydrogen-bond acceptors (Lipinski definition) is 4. The number of carboxylic acid groups (broad SMARTS) is 1. The molecule has 7 heteroatoms. The number of aromatic nitrogens is 2. The largest absolute Gasteiger partial charge is 0.481 e. The van der Waals surface area contributed by atoms with Crippen LogP contribution in [0.4, 0.5) is 0 Å². The minimum atomic E-state index is -1.01. The summed E-state index contributed by atoms with van der Waals surface area (Å²) in [5, 5.41) is 12.1. The van der Waals surface area contributed by atoms with Crippen molar-refractivity contribution in [2.75, 3.05) is 13.7 Å². The molecule has 1 aromatic carbocycles. The van der Waals surface area contributed by atoms with E-state index in [1.165, 1.54) is 7.11 Å². The first-order valence-corrected chi connectivity index (χ1v) is 9.61. The van der Waals surface area contributed by atoms with E-state index < -0.39 is 11.5 Å². The molecule has 0 saturated carbocycles. The van der Waals surface area contributed by atoms with Gasteiger partial charge >= 0.3 is 5.97 Å². The zero-order valence-electron chi connectivity index (χ0n) is 16.4. The third-order valence-corrected chi connectivity index (χ3v) is 5.03. The summed E-state index contributed by atoms with van der Waals surface area (Å²) in [4.78, 5) is 29.0. The summed E-state index contributed by atoms with van der Waals surface area (Å²) in [5.41, 5.74) is 1.26. The fraction of sp³-hybridized carbons (Fsp3) is 0.476. The fourth-order valence-electron chi connectivity index (χ4n) is 3.83. The number of nitrogens with zero attached hydrogens (tertiary/aromatic N) is 2. The summed E-state index contributed by atoms with van der Waals surface area (Å²) in [6.45, 7) is 2.60. The van der Waals surface area contributed by atoms with E-state index in [2.05, 4.69) is 14.9 Å². The molecule has 28 heavy (non-hydrogen) atoms. The minimum Gasteiger partial charge on any atom is -0.481 e. The van der Waals surface area contributed by atoms with Gasteiger partial charge in [-0.15, -0.1) is 0 Å². The van der Waals surface area contributed by atoms with Crippen LogP contribution in [0.25, 0.3) is 11.4 Å². The predicted molar refractivity (Wildman–Crippen MR) is 105 cm³/mol. The van der Waals surface area contributed by atoms with Crippen LogP contribution in [-0.4, -0.2) is 45.8 Å². The second kappa shape index (κ2) is 8.56. The normalized spacial score (nSPS) is 15.9. The van der Waals surface area contributed by atoms with E-state index >= 15 is 0 Å². The van der Waals surface area contributed by atoms with Gasteiger partial charge in [0.2, 0.25) is 0 Å². The van der Waals surface area contributed by atoms with Crippen LogP contribution in [0.5, 0.6) is 0 Å². The Labute approximate surface area is 164 Å². The molecule has 150 valence electrons. The van der Waals surface area contributed by atoms with Crippen molar-refractivity contribution in [1.82, 2.24) is 14.9 Å². The summed E-state index contributed by atoms with van der Waals surface area (Å²) >= 11 is 0. The SMILES string of the molecule is COCC(C)(CC(=O)O)NC(=O)c1nc(-c2ccccc2)n2c1CCCCC2. The van der Waals surface area contributed by atoms with Crippen LogP contribution in [0.1, 0.15) is 48.8 Å². The number of benzene rings is 1. The van der Waals surface area contributed by atoms with Gasteiger partial charge in [0.15, 0.2) is 0 Å². The van der Waals surface area contributed by atoms with E-state index in [1.54, 1.807) is 6.92 Å². The van der Waals surface area contributed by atoms with E-state index in [1.807, 2.05) is 30.3 Å². The van der Waals surface area contributed by atoms with Crippen LogP contribution >= 0.6 is 0 Å². The van der Waals surface area contributed by atoms with Gasteiger partial charge in [-0.25, -0.2) is 4.98 Å². The standard InChI is InChI=1S/C21H27N3O4/c1-21(14-28-2,13-17(25)26)23-20(27)18-16-11-7-4-8-12-24(16)19(22-18)15-9-5-3-6-10-15/h3,5-6,9-10H,4,7-8,11-14H2,1-2H3,(H,23,27)(H,25,26). The van der Waals surface area contributed by atoms with Gasteiger partial charge < -0.3 is 19.7 Å². The summed E-state index contributed by atoms with van der Waals surface area (Å²) in [5.74, 6) is -0.559. The van der Waals surface area contributed by atoms with E-state index in [-0.39, 0.29) is 18.9 Å². The Bertz CT molecular complexity index is 847. The maximum Gasteiger partial charge on any atom is 0.305 e. The average molecular weight is 385 g/mol. The Morgan fingerprint density at radius 1 is 1.25 bits per heavy atom. The molecule has 0 radical (unpaired) electrons. The zero-order chi connectivity index (χ0) is 20.1. The molecule has 2 aromatic rings. The highest BCUT2D eigenvalue weighted by atomic mass is 16.5. The molecule has 2 heterocycles. The first-order valence-electron chi connectivity index (χ1n) is 9.61. The van der Waals surface area contributed by atoms with Crippen molar-refractivity contribution in [1.29, 1.82) is 0 Å². The van der Waals surface area contributed by atoms with Gasteiger partial charge in [0.1, 0.15) is 11.5 Å². The Morgan fingerprint density at radius 2 is 2.00 bits per heavy atom. The van der Waals surface area contributed by atoms with Gasteiger partial charge in [-0.3, -0.25) is 9.59 Å². The molecule has 1 atom stereocenters. The van der Waals surface area contributed by atoms with Crippen molar-refractivity contribution in [2.24, 2.45) is 0 Å². The van der Waals surface area contributed by atoms with Crippen LogP contribution in [-0.2, 0) is 22.5 Å². The number of methoxy groups -OCH3 is 1. The Hall–Kier alpha value is -2.67. The van der Waals surface area contributed by atoms with Crippen molar-refractivity contribution in [3.05, 3.63) is 41.7 Å². The van der Waals surface area contributed by atoms with Crippen molar-refractivity contribution in [2.45, 2.75) is 51.1 Å². The molecule has 1 amide bonds. The number of amides is 1. The summed E-state index contributed by atoms with van der Waals surface area (Å²) < 4.78 is 7.29. The Kier molecular flexibility index (Phi) is 6.14. The van der Waals surface area contributed by atoms with Crippen LogP contribution < -0.4 is 5.32 Å². The number of imidazole rings is 1. The highest BCUT2D eigenvalue weighted by molar-refractivity contribution is 5.95. The number of carbonyl (C=O) groups is 2. The molecule has 2 N–H and O–H groups in total. The molecule has 1 aliphatic heterocycles. The number of carbonyl (C=O) groups excluding carboxylic acids is 1. The van der Waals surface area contributed by atoms with Crippen molar-refractivity contribution in [3.63, 3.8) is 0 Å². The Balaban J connectivity index is 1.98. The lowest BCUT2D eigenvalue weighted by Gasteiger charge is -2.28. The van der Waals surface area contributed by atoms with Crippen LogP contribution in [0.2, 0.25) is 0 Å². The molecule has 0 aliphatic carbocycles. The van der Waals surface area contributed by atoms with E-state index in [0.717, 1.165) is 49.3 Å². The molecule has 0 saturated heterocycles. The van der Waals surface area contributed by atoms with Crippen LogP contribution in [0, 0.1) is 0 Å². The molecule has 0 bridgehead atoms. The summed E-state index contributed by atoms with van der Waals surface area (Å²) in [6, 6.07) is 9.83. The third-order valence-electron chi connectivity index (χ3n) is 5.03. The monoisotopic (exact) mass is 385 g/mol. The molecule has 1 aliphatic rings. The highest BCUT2D eigenvalue weighted by Gasteiger charge is 2.33. The second-order valence-corrected chi connectivity index (χ2v) is 7.58. The summed E-state index contributed by atoms with van der Waals surface area (Å²) in [7, 11) is 1.49. The fourth-order valence-corrected chi connectivity index (χ4v) is 3.83. The van der Waals surface area contributed by atoms with Crippen LogP contribution in [0.15, 0.2) is 30.3 Å². The van der Waals surface area contributed by atoms with Crippen molar-refractivity contribution < 1.29 is 19.4 Å². The minimum absolute atomic E-state index is 0.104. The smallest absolute Gasteiger partial charge is 0.305 e. The van der Waals surface area contributed by atoms with Crippen molar-refractivity contribution in [3.8, 4) is 11.4 Å². The van der Waals surface area contributed by atoms with Gasteiger partial charge in [-0.2, -0.15) is 0 Å². The highest BCUT2D eigenvalue weighted by Crippen LogP contribution is 2.27. The maximum absolute atomic E-state index is 13.1. The van der Waals surface area contributed by atoms with Gasteiger partial charge in [0, 0.05) is 19.2 Å². The lowest BCUT2D eigenvalue weighted by molar-refractivity contribution is -0.139. The summed E-state index contributed by atoms with van der Waals surface area (Å²) in [6.07, 6.45) is 3.71. The molecular weight excluding hydrogens is 358 g/mol. The number of rotatable bonds is 7. The Morgan fingerprint density at radius 3 is 2.68 bits per heavy atom. The molecule has 3 rings (SSSR count). The zero-order valence-corrected chi connectivity index (χ0v) is 16.4. The lowest BCUT2D eigenvalue weighted by Crippen LogP contribution is -2.51. The van der Waals surface area contributed by atoms with Gasteiger partial charge in [-0.1, -0.05) is 36.8 Å². The molecule has 1 unspecified atom stereocenters. The third kappa shape index (κ3) is 4.42. The number of fused-ring (bicyclic) bond motifs is 1. The van der Waals surface area contributed by atoms with E-state index in [4.69, 9.17) is 4.74 Å². The quantitative estimate of drug-likeness (QED) is 0.764. The van der Waals surface area contributed by atoms with Gasteiger partial charge in [0.05, 0.1) is 24.3 Å². The number of aliphatic carboxylic acids is 1. The van der Waals surface area contributed by atoms with Crippen molar-refractivity contribution >= 4 is 11.9 Å². The predicted octanol–water partition coefficient (Wildman–Crippen LogP) is 2.89. The number of ether oxygens (including phenoxy) is 1. The van der Waals surface area contributed by atoms with Gasteiger partial charge in [0.25, 0.3) is 5.91 Å². The molecule has 0 spiro atoms. The first-order chi connectivity index (χ1) is 13.4. The lowest BCUT2D eigenvalue weighted by atomic mass is 9.98. The van der Waals surface area contributed by atoms with E-state index in [0.29, 0.717) is 5.69 Å². The van der Waals surface area contributed by atoms with E-state index in [9.17, 15) is 14.7 Å². The second-order valence-electron chi connectivity index (χ2n) is 7.58.